The summed E-state index contributed by atoms with van der Waals surface area (Å²) in [6.07, 6.45) is 3.80. The van der Waals surface area contributed by atoms with E-state index in [1.165, 1.54) is 6.92 Å². The molecule has 0 saturated heterocycles. The Hall–Kier alpha value is -2.27. The second kappa shape index (κ2) is 4.78. The van der Waals surface area contributed by atoms with Gasteiger partial charge in [-0.3, -0.25) is 4.79 Å². The van der Waals surface area contributed by atoms with E-state index < -0.39 is 11.5 Å². The molecule has 1 aromatic heterocycles. The predicted octanol–water partition coefficient (Wildman–Crippen LogP) is 1.53. The molecular formula is C14H16N2O3. The average Bonchev–Trinajstić information content (AvgIpc) is 2.84. The van der Waals surface area contributed by atoms with Gasteiger partial charge >= 0.3 is 5.97 Å². The summed E-state index contributed by atoms with van der Waals surface area (Å²) >= 11 is 0. The molecule has 2 rings (SSSR count). The van der Waals surface area contributed by atoms with Crippen LogP contribution in [0.3, 0.4) is 0 Å². The number of carboxylic acid groups (broad SMARTS) is 1. The zero-order valence-corrected chi connectivity index (χ0v) is 10.6. The second-order valence-electron chi connectivity index (χ2n) is 4.81. The number of aliphatic carboxylic acids is 1. The second-order valence-corrected chi connectivity index (χ2v) is 4.81. The van der Waals surface area contributed by atoms with Crippen LogP contribution in [0.4, 0.5) is 0 Å². The minimum Gasteiger partial charge on any atom is -0.506 e. The number of carboxylic acids is 1. The fourth-order valence-electron chi connectivity index (χ4n) is 1.88. The first-order valence-electron chi connectivity index (χ1n) is 5.88. The molecule has 1 atom stereocenters. The number of aromatic nitrogens is 1. The molecule has 0 unspecified atom stereocenters. The van der Waals surface area contributed by atoms with Gasteiger partial charge in [-0.1, -0.05) is 6.07 Å². The first kappa shape index (κ1) is 13.2. The highest BCUT2D eigenvalue weighted by atomic mass is 16.4. The summed E-state index contributed by atoms with van der Waals surface area (Å²) in [4.78, 5) is 11.0. The minimum atomic E-state index is -1.33. The number of nitrogens with two attached hydrogens (primary N) is 1. The Bertz CT molecular complexity index is 589. The van der Waals surface area contributed by atoms with Crippen molar-refractivity contribution in [1.29, 1.82) is 0 Å². The lowest BCUT2D eigenvalue weighted by molar-refractivity contribution is -0.142. The van der Waals surface area contributed by atoms with Gasteiger partial charge in [0.05, 0.1) is 5.69 Å². The standard InChI is InChI=1S/C14H16N2O3/c1-14(15,13(18)19)9-10-4-5-12(17)11(8-10)16-6-2-3-7-16/h2-8,17H,9,15H2,1H3,(H,18,19)/t14-/m0/s1. The Morgan fingerprint density at radius 2 is 2.00 bits per heavy atom. The number of rotatable bonds is 4. The van der Waals surface area contributed by atoms with Crippen molar-refractivity contribution in [3.8, 4) is 11.4 Å². The van der Waals surface area contributed by atoms with Gasteiger partial charge in [-0.05, 0) is 36.8 Å². The first-order valence-corrected chi connectivity index (χ1v) is 5.88. The minimum absolute atomic E-state index is 0.133. The molecule has 5 nitrogen and oxygen atoms in total. The van der Waals surface area contributed by atoms with Crippen LogP contribution in [0.1, 0.15) is 12.5 Å². The van der Waals surface area contributed by atoms with E-state index in [2.05, 4.69) is 0 Å². The molecule has 0 spiro atoms. The van der Waals surface area contributed by atoms with Gasteiger partial charge < -0.3 is 20.5 Å². The van der Waals surface area contributed by atoms with E-state index in [0.29, 0.717) is 5.69 Å². The molecule has 4 N–H and O–H groups in total. The molecule has 1 heterocycles. The molecule has 19 heavy (non-hydrogen) atoms. The number of hydrogen-bond acceptors (Lipinski definition) is 3. The highest BCUT2D eigenvalue weighted by molar-refractivity contribution is 5.78. The monoisotopic (exact) mass is 260 g/mol. The maximum absolute atomic E-state index is 11.0. The van der Waals surface area contributed by atoms with E-state index in [-0.39, 0.29) is 12.2 Å². The van der Waals surface area contributed by atoms with Gasteiger partial charge in [-0.2, -0.15) is 0 Å². The van der Waals surface area contributed by atoms with E-state index >= 15 is 0 Å². The van der Waals surface area contributed by atoms with Gasteiger partial charge in [-0.25, -0.2) is 0 Å². The molecule has 0 bridgehead atoms. The van der Waals surface area contributed by atoms with Crippen molar-refractivity contribution < 1.29 is 15.0 Å². The van der Waals surface area contributed by atoms with Gasteiger partial charge in [0.2, 0.25) is 0 Å². The SMILES string of the molecule is C[C@](N)(Cc1ccc(O)c(-n2cccc2)c1)C(=O)O. The topological polar surface area (TPSA) is 88.5 Å². The smallest absolute Gasteiger partial charge is 0.323 e. The third kappa shape index (κ3) is 2.77. The van der Waals surface area contributed by atoms with E-state index in [4.69, 9.17) is 10.8 Å². The van der Waals surface area contributed by atoms with E-state index in [0.717, 1.165) is 5.56 Å². The van der Waals surface area contributed by atoms with Crippen LogP contribution in [0.2, 0.25) is 0 Å². The fraction of sp³-hybridized carbons (Fsp3) is 0.214. The van der Waals surface area contributed by atoms with Crippen molar-refractivity contribution in [2.24, 2.45) is 5.73 Å². The van der Waals surface area contributed by atoms with Crippen LogP contribution >= 0.6 is 0 Å². The lowest BCUT2D eigenvalue weighted by atomic mass is 9.94. The van der Waals surface area contributed by atoms with Crippen LogP contribution in [-0.4, -0.2) is 26.3 Å². The summed E-state index contributed by atoms with van der Waals surface area (Å²) < 4.78 is 1.76. The molecule has 2 aromatic rings. The fourth-order valence-corrected chi connectivity index (χ4v) is 1.88. The quantitative estimate of drug-likeness (QED) is 0.777. The van der Waals surface area contributed by atoms with Crippen LogP contribution < -0.4 is 5.73 Å². The molecular weight excluding hydrogens is 244 g/mol. The van der Waals surface area contributed by atoms with Crippen molar-refractivity contribution in [2.45, 2.75) is 18.9 Å². The highest BCUT2D eigenvalue weighted by Gasteiger charge is 2.28. The van der Waals surface area contributed by atoms with Gasteiger partial charge in [0, 0.05) is 18.8 Å². The van der Waals surface area contributed by atoms with Gasteiger partial charge in [0.1, 0.15) is 11.3 Å². The molecule has 100 valence electrons. The molecule has 0 aliphatic rings. The summed E-state index contributed by atoms with van der Waals surface area (Å²) in [5.74, 6) is -0.919. The Labute approximate surface area is 110 Å². The van der Waals surface area contributed by atoms with Crippen molar-refractivity contribution in [3.05, 3.63) is 48.3 Å². The summed E-state index contributed by atoms with van der Waals surface area (Å²) in [6, 6.07) is 8.65. The number of phenolic OH excluding ortho intramolecular Hbond substituents is 1. The number of nitrogens with zero attached hydrogens (tertiary/aromatic N) is 1. The lowest BCUT2D eigenvalue weighted by Crippen LogP contribution is -2.46. The molecule has 0 saturated carbocycles. The van der Waals surface area contributed by atoms with Crippen molar-refractivity contribution in [1.82, 2.24) is 4.57 Å². The number of aromatic hydroxyl groups is 1. The summed E-state index contributed by atoms with van der Waals surface area (Å²) in [6.45, 7) is 1.47. The average molecular weight is 260 g/mol. The molecule has 5 heteroatoms. The maximum Gasteiger partial charge on any atom is 0.323 e. The van der Waals surface area contributed by atoms with E-state index in [9.17, 15) is 9.90 Å². The van der Waals surface area contributed by atoms with Crippen molar-refractivity contribution in [3.63, 3.8) is 0 Å². The highest BCUT2D eigenvalue weighted by Crippen LogP contribution is 2.24. The molecule has 0 radical (unpaired) electrons. The van der Waals surface area contributed by atoms with Crippen LogP contribution in [0.5, 0.6) is 5.75 Å². The molecule has 0 aliphatic carbocycles. The molecule has 1 aromatic carbocycles. The zero-order valence-electron chi connectivity index (χ0n) is 10.6. The maximum atomic E-state index is 11.0. The Morgan fingerprint density at radius 3 is 2.58 bits per heavy atom. The zero-order chi connectivity index (χ0) is 14.0. The van der Waals surface area contributed by atoms with Crippen LogP contribution in [0.15, 0.2) is 42.7 Å². The molecule has 0 aliphatic heterocycles. The Balaban J connectivity index is 2.35. The van der Waals surface area contributed by atoms with Gasteiger partial charge in [0.15, 0.2) is 0 Å². The van der Waals surface area contributed by atoms with Crippen LogP contribution in [0.25, 0.3) is 5.69 Å². The number of phenols is 1. The molecule has 0 amide bonds. The normalized spacial score (nSPS) is 14.0. The first-order chi connectivity index (χ1) is 8.90. The number of carbonyl (C=O) groups is 1. The summed E-state index contributed by atoms with van der Waals surface area (Å²) in [5, 5.41) is 18.9. The van der Waals surface area contributed by atoms with Crippen molar-refractivity contribution >= 4 is 5.97 Å². The van der Waals surface area contributed by atoms with E-state index in [1.54, 1.807) is 35.2 Å². The lowest BCUT2D eigenvalue weighted by Gasteiger charge is -2.19. The third-order valence-corrected chi connectivity index (χ3v) is 2.98. The summed E-state index contributed by atoms with van der Waals surface area (Å²) in [5.41, 5.74) is 5.76. The summed E-state index contributed by atoms with van der Waals surface area (Å²) in [7, 11) is 0. The van der Waals surface area contributed by atoms with Crippen LogP contribution in [0, 0.1) is 0 Å². The van der Waals surface area contributed by atoms with Gasteiger partial charge in [0.25, 0.3) is 0 Å². The number of benzene rings is 1. The van der Waals surface area contributed by atoms with E-state index in [1.807, 2.05) is 12.1 Å². The van der Waals surface area contributed by atoms with Crippen LogP contribution in [-0.2, 0) is 11.2 Å². The van der Waals surface area contributed by atoms with Crippen molar-refractivity contribution in [2.75, 3.05) is 0 Å². The largest absolute Gasteiger partial charge is 0.506 e. The van der Waals surface area contributed by atoms with Gasteiger partial charge in [-0.15, -0.1) is 0 Å². The predicted molar refractivity (Wildman–Crippen MR) is 71.4 cm³/mol. The molecule has 0 fully saturated rings. The number of hydrogen-bond donors (Lipinski definition) is 3. The third-order valence-electron chi connectivity index (χ3n) is 2.98. The Kier molecular flexibility index (Phi) is 3.31. The Morgan fingerprint density at radius 1 is 1.37 bits per heavy atom.